The van der Waals surface area contributed by atoms with E-state index in [4.69, 9.17) is 0 Å². The van der Waals surface area contributed by atoms with Crippen molar-refractivity contribution in [1.29, 1.82) is 0 Å². The zero-order valence-electron chi connectivity index (χ0n) is 11.7. The van der Waals surface area contributed by atoms with Crippen LogP contribution in [0.25, 0.3) is 0 Å². The van der Waals surface area contributed by atoms with Crippen LogP contribution in [0, 0.1) is 17.0 Å². The van der Waals surface area contributed by atoms with Crippen LogP contribution >= 0.6 is 11.3 Å². The van der Waals surface area contributed by atoms with Gasteiger partial charge in [0.25, 0.3) is 5.69 Å². The van der Waals surface area contributed by atoms with Gasteiger partial charge < -0.3 is 4.90 Å². The van der Waals surface area contributed by atoms with Crippen LogP contribution in [0.5, 0.6) is 0 Å². The van der Waals surface area contributed by atoms with Gasteiger partial charge in [-0.3, -0.25) is 10.1 Å². The minimum atomic E-state index is -0.388. The number of piperidine rings is 1. The fraction of sp³-hybridized carbons (Fsp3) is 0.429. The number of hydrogen-bond donors (Lipinski definition) is 0. The van der Waals surface area contributed by atoms with Crippen LogP contribution < -0.4 is 4.90 Å². The first-order chi connectivity index (χ1) is 10.1. The van der Waals surface area contributed by atoms with Crippen molar-refractivity contribution in [1.82, 2.24) is 9.97 Å². The molecule has 6 nitrogen and oxygen atoms in total. The first-order valence-corrected chi connectivity index (χ1v) is 7.78. The van der Waals surface area contributed by atoms with Crippen molar-refractivity contribution < 1.29 is 4.92 Å². The predicted octanol–water partition coefficient (Wildman–Crippen LogP) is 3.14. The molecular formula is C14H16N4O2S. The molecule has 0 aromatic carbocycles. The van der Waals surface area contributed by atoms with Gasteiger partial charge >= 0.3 is 0 Å². The molecule has 1 aliphatic rings. The number of pyridine rings is 1. The van der Waals surface area contributed by atoms with Crippen LogP contribution in [0.4, 0.5) is 11.5 Å². The number of anilines is 1. The molecule has 110 valence electrons. The second-order valence-electron chi connectivity index (χ2n) is 5.24. The van der Waals surface area contributed by atoms with Gasteiger partial charge in [-0.15, -0.1) is 11.3 Å². The molecule has 0 radical (unpaired) electrons. The van der Waals surface area contributed by atoms with Crippen LogP contribution in [0.15, 0.2) is 23.8 Å². The number of nitrogens with zero attached hydrogens (tertiary/aromatic N) is 4. The molecule has 0 saturated carbocycles. The van der Waals surface area contributed by atoms with Crippen molar-refractivity contribution in [2.45, 2.75) is 25.7 Å². The highest BCUT2D eigenvalue weighted by molar-refractivity contribution is 7.09. The summed E-state index contributed by atoms with van der Waals surface area (Å²) in [4.78, 5) is 21.3. The summed E-state index contributed by atoms with van der Waals surface area (Å²) in [6.45, 7) is 3.56. The largest absolute Gasteiger partial charge is 0.356 e. The first-order valence-electron chi connectivity index (χ1n) is 6.90. The van der Waals surface area contributed by atoms with E-state index in [1.165, 1.54) is 11.2 Å². The maximum absolute atomic E-state index is 10.9. The third kappa shape index (κ3) is 2.87. The average molecular weight is 304 g/mol. The number of hydrogen-bond acceptors (Lipinski definition) is 6. The predicted molar refractivity (Wildman–Crippen MR) is 81.9 cm³/mol. The summed E-state index contributed by atoms with van der Waals surface area (Å²) in [6, 6.07) is 1.81. The van der Waals surface area contributed by atoms with Crippen LogP contribution in [0.3, 0.4) is 0 Å². The Labute approximate surface area is 126 Å². The lowest BCUT2D eigenvalue weighted by Gasteiger charge is -2.32. The van der Waals surface area contributed by atoms with Crippen molar-refractivity contribution in [3.8, 4) is 0 Å². The van der Waals surface area contributed by atoms with Crippen LogP contribution in [0.2, 0.25) is 0 Å². The lowest BCUT2D eigenvalue weighted by Crippen LogP contribution is -2.34. The van der Waals surface area contributed by atoms with Crippen molar-refractivity contribution in [3.63, 3.8) is 0 Å². The summed E-state index contributed by atoms with van der Waals surface area (Å²) in [6.07, 6.45) is 5.42. The van der Waals surface area contributed by atoms with E-state index < -0.39 is 0 Å². The van der Waals surface area contributed by atoms with E-state index in [9.17, 15) is 10.1 Å². The standard InChI is InChI=1S/C14H16N4O2S/c1-10-7-13(16-8-12(10)18(19)20)17-5-2-3-11(9-17)14-15-4-6-21-14/h4,6-8,11H,2-3,5,9H2,1H3. The van der Waals surface area contributed by atoms with Gasteiger partial charge in [-0.2, -0.15) is 0 Å². The smallest absolute Gasteiger partial charge is 0.290 e. The van der Waals surface area contributed by atoms with Crippen molar-refractivity contribution in [2.24, 2.45) is 0 Å². The minimum absolute atomic E-state index is 0.0761. The molecule has 0 spiro atoms. The summed E-state index contributed by atoms with van der Waals surface area (Å²) in [7, 11) is 0. The van der Waals surface area contributed by atoms with Crippen molar-refractivity contribution in [2.75, 3.05) is 18.0 Å². The molecule has 1 atom stereocenters. The molecule has 0 amide bonds. The van der Waals surface area contributed by atoms with Gasteiger partial charge in [0.2, 0.25) is 0 Å². The van der Waals surface area contributed by atoms with Crippen LogP contribution in [0.1, 0.15) is 29.3 Å². The Morgan fingerprint density at radius 1 is 1.48 bits per heavy atom. The molecule has 7 heteroatoms. The van der Waals surface area contributed by atoms with Gasteiger partial charge in [0.1, 0.15) is 12.0 Å². The molecule has 0 bridgehead atoms. The Morgan fingerprint density at radius 3 is 3.00 bits per heavy atom. The molecule has 0 aliphatic carbocycles. The minimum Gasteiger partial charge on any atom is -0.356 e. The average Bonchev–Trinajstić information content (AvgIpc) is 3.01. The van der Waals surface area contributed by atoms with Gasteiger partial charge in [-0.05, 0) is 25.8 Å². The van der Waals surface area contributed by atoms with E-state index in [1.54, 1.807) is 18.3 Å². The van der Waals surface area contributed by atoms with Crippen molar-refractivity contribution >= 4 is 22.8 Å². The number of aromatic nitrogens is 2. The van der Waals surface area contributed by atoms with Crippen LogP contribution in [-0.4, -0.2) is 28.0 Å². The Hall–Kier alpha value is -2.02. The molecule has 2 aromatic rings. The topological polar surface area (TPSA) is 72.2 Å². The number of thiazole rings is 1. The quantitative estimate of drug-likeness (QED) is 0.643. The summed E-state index contributed by atoms with van der Waals surface area (Å²) in [5, 5.41) is 14.0. The first kappa shape index (κ1) is 13.9. The Bertz CT molecular complexity index is 644. The second-order valence-corrected chi connectivity index (χ2v) is 6.17. The monoisotopic (exact) mass is 304 g/mol. The molecule has 1 saturated heterocycles. The maximum Gasteiger partial charge on any atom is 0.290 e. The van der Waals surface area contributed by atoms with Crippen LogP contribution in [-0.2, 0) is 0 Å². The highest BCUT2D eigenvalue weighted by atomic mass is 32.1. The normalized spacial score (nSPS) is 18.7. The summed E-state index contributed by atoms with van der Waals surface area (Å²) < 4.78 is 0. The molecule has 21 heavy (non-hydrogen) atoms. The highest BCUT2D eigenvalue weighted by Crippen LogP contribution is 2.31. The molecular weight excluding hydrogens is 288 g/mol. The highest BCUT2D eigenvalue weighted by Gasteiger charge is 2.24. The number of rotatable bonds is 3. The molecule has 1 aliphatic heterocycles. The van der Waals surface area contributed by atoms with E-state index in [0.717, 1.165) is 31.7 Å². The summed E-state index contributed by atoms with van der Waals surface area (Å²) in [5.41, 5.74) is 0.730. The zero-order valence-corrected chi connectivity index (χ0v) is 12.5. The van der Waals surface area contributed by atoms with Gasteiger partial charge in [-0.25, -0.2) is 9.97 Å². The SMILES string of the molecule is Cc1cc(N2CCCC(c3nccs3)C2)ncc1[N+](=O)[O-]. The molecule has 1 fully saturated rings. The molecule has 3 heterocycles. The third-order valence-electron chi connectivity index (χ3n) is 3.81. The zero-order chi connectivity index (χ0) is 14.8. The molecule has 2 aromatic heterocycles. The lowest BCUT2D eigenvalue weighted by molar-refractivity contribution is -0.385. The Morgan fingerprint density at radius 2 is 2.33 bits per heavy atom. The van der Waals surface area contributed by atoms with E-state index in [2.05, 4.69) is 14.9 Å². The van der Waals surface area contributed by atoms with E-state index in [1.807, 2.05) is 17.6 Å². The molecule has 3 rings (SSSR count). The molecule has 1 unspecified atom stereocenters. The lowest BCUT2D eigenvalue weighted by atomic mass is 9.98. The second kappa shape index (κ2) is 5.77. The summed E-state index contributed by atoms with van der Waals surface area (Å²) >= 11 is 1.69. The molecule has 0 N–H and O–H groups in total. The van der Waals surface area contributed by atoms with Gasteiger partial charge in [0.05, 0.1) is 9.93 Å². The Balaban J connectivity index is 1.80. The van der Waals surface area contributed by atoms with E-state index >= 15 is 0 Å². The fourth-order valence-electron chi connectivity index (χ4n) is 2.72. The third-order valence-corrected chi connectivity index (χ3v) is 4.75. The fourth-order valence-corrected chi connectivity index (χ4v) is 3.49. The van der Waals surface area contributed by atoms with Gasteiger partial charge in [0.15, 0.2) is 0 Å². The summed E-state index contributed by atoms with van der Waals surface area (Å²) in [5.74, 6) is 1.25. The maximum atomic E-state index is 10.9. The number of aryl methyl sites for hydroxylation is 1. The van der Waals surface area contributed by atoms with Gasteiger partial charge in [-0.1, -0.05) is 0 Å². The van der Waals surface area contributed by atoms with Crippen molar-refractivity contribution in [3.05, 3.63) is 44.5 Å². The van der Waals surface area contributed by atoms with E-state index in [0.29, 0.717) is 11.5 Å². The number of nitro groups is 1. The van der Waals surface area contributed by atoms with E-state index in [-0.39, 0.29) is 10.6 Å². The Kier molecular flexibility index (Phi) is 3.83. The van der Waals surface area contributed by atoms with Gasteiger partial charge in [0, 0.05) is 36.1 Å².